The number of carbonyl (C=O) groups excluding carboxylic acids is 1. The van der Waals surface area contributed by atoms with Gasteiger partial charge in [0.25, 0.3) is 0 Å². The number of nitrogens with zero attached hydrogens (tertiary/aromatic N) is 1. The summed E-state index contributed by atoms with van der Waals surface area (Å²) in [6, 6.07) is 0.955. The van der Waals surface area contributed by atoms with Gasteiger partial charge in [0.1, 0.15) is 0 Å². The van der Waals surface area contributed by atoms with E-state index in [0.29, 0.717) is 12.0 Å². The molecule has 0 aromatic carbocycles. The van der Waals surface area contributed by atoms with E-state index in [0.717, 1.165) is 31.8 Å². The van der Waals surface area contributed by atoms with Gasteiger partial charge in [0.05, 0.1) is 0 Å². The highest BCUT2D eigenvalue weighted by Gasteiger charge is 2.36. The first kappa shape index (κ1) is 15.8. The summed E-state index contributed by atoms with van der Waals surface area (Å²) in [5.41, 5.74) is 0. The Hall–Kier alpha value is -0.610. The number of aliphatic hydroxyl groups is 1. The Kier molecular flexibility index (Phi) is 5.44. The third-order valence-corrected chi connectivity index (χ3v) is 4.84. The Morgan fingerprint density at radius 3 is 2.55 bits per heavy atom. The van der Waals surface area contributed by atoms with E-state index < -0.39 is 0 Å². The van der Waals surface area contributed by atoms with Crippen LogP contribution in [-0.2, 0) is 4.79 Å². The third kappa shape index (κ3) is 3.95. The van der Waals surface area contributed by atoms with E-state index in [1.165, 1.54) is 12.8 Å². The number of likely N-dealkylation sites (tertiary alicyclic amines) is 1. The zero-order valence-corrected chi connectivity index (χ0v) is 13.1. The van der Waals surface area contributed by atoms with E-state index in [2.05, 4.69) is 17.1 Å². The molecule has 0 aromatic heterocycles. The molecule has 1 aliphatic heterocycles. The molecule has 2 N–H and O–H groups in total. The van der Waals surface area contributed by atoms with Crippen LogP contribution in [0.25, 0.3) is 0 Å². The zero-order chi connectivity index (χ0) is 14.7. The van der Waals surface area contributed by atoms with Crippen LogP contribution in [0.4, 0.5) is 0 Å². The van der Waals surface area contributed by atoms with Crippen molar-refractivity contribution in [1.82, 2.24) is 10.2 Å². The van der Waals surface area contributed by atoms with E-state index >= 15 is 0 Å². The van der Waals surface area contributed by atoms with E-state index in [9.17, 15) is 9.90 Å². The van der Waals surface area contributed by atoms with Crippen molar-refractivity contribution in [3.05, 3.63) is 0 Å². The van der Waals surface area contributed by atoms with Gasteiger partial charge in [-0.05, 0) is 37.5 Å². The van der Waals surface area contributed by atoms with E-state index in [-0.39, 0.29) is 24.5 Å². The number of rotatable bonds is 5. The van der Waals surface area contributed by atoms with Gasteiger partial charge in [0, 0.05) is 37.7 Å². The molecule has 1 aliphatic carbocycles. The maximum atomic E-state index is 11.9. The van der Waals surface area contributed by atoms with Gasteiger partial charge in [-0.15, -0.1) is 0 Å². The molecule has 2 atom stereocenters. The first-order valence-electron chi connectivity index (χ1n) is 8.14. The quantitative estimate of drug-likeness (QED) is 0.806. The van der Waals surface area contributed by atoms with Gasteiger partial charge in [-0.25, -0.2) is 0 Å². The van der Waals surface area contributed by atoms with Crippen LogP contribution in [0.1, 0.15) is 46.5 Å². The molecule has 4 nitrogen and oxygen atoms in total. The summed E-state index contributed by atoms with van der Waals surface area (Å²) in [4.78, 5) is 14.5. The van der Waals surface area contributed by atoms with Crippen molar-refractivity contribution in [1.29, 1.82) is 0 Å². The van der Waals surface area contributed by atoms with Crippen LogP contribution in [0.5, 0.6) is 0 Å². The average Bonchev–Trinajstić information content (AvgIpc) is 2.35. The van der Waals surface area contributed by atoms with E-state index in [1.807, 2.05) is 13.8 Å². The molecule has 2 rings (SSSR count). The lowest BCUT2D eigenvalue weighted by molar-refractivity contribution is -0.125. The van der Waals surface area contributed by atoms with Gasteiger partial charge >= 0.3 is 0 Å². The number of aliphatic hydroxyl groups excluding tert-OH is 1. The first-order valence-corrected chi connectivity index (χ1v) is 8.14. The highest BCUT2D eigenvalue weighted by Crippen LogP contribution is 2.34. The second-order valence-electron chi connectivity index (χ2n) is 7.16. The van der Waals surface area contributed by atoms with Crippen LogP contribution in [0.15, 0.2) is 0 Å². The summed E-state index contributed by atoms with van der Waals surface area (Å²) in [5, 5.41) is 12.4. The van der Waals surface area contributed by atoms with Crippen LogP contribution in [0.2, 0.25) is 0 Å². The lowest BCUT2D eigenvalue weighted by Gasteiger charge is -2.47. The number of hydrogen-bond donors (Lipinski definition) is 2. The van der Waals surface area contributed by atoms with Gasteiger partial charge in [-0.3, -0.25) is 9.69 Å². The summed E-state index contributed by atoms with van der Waals surface area (Å²) in [6.45, 7) is 8.52. The normalized spacial score (nSPS) is 34.9. The SMILES string of the molecule is CC1CC(N2CC(CCO)CC(NC(=O)C(C)C)C2)C1. The molecule has 20 heavy (non-hydrogen) atoms. The lowest BCUT2D eigenvalue weighted by atomic mass is 9.78. The molecule has 0 radical (unpaired) electrons. The summed E-state index contributed by atoms with van der Waals surface area (Å²) in [5.74, 6) is 1.57. The molecule has 0 bridgehead atoms. The fraction of sp³-hybridized carbons (Fsp3) is 0.938. The van der Waals surface area contributed by atoms with Crippen LogP contribution >= 0.6 is 0 Å². The second kappa shape index (κ2) is 6.90. The minimum absolute atomic E-state index is 0.0467. The summed E-state index contributed by atoms with van der Waals surface area (Å²) in [7, 11) is 0. The average molecular weight is 282 g/mol. The van der Waals surface area contributed by atoms with Crippen molar-refractivity contribution >= 4 is 5.91 Å². The topological polar surface area (TPSA) is 52.6 Å². The predicted molar refractivity (Wildman–Crippen MR) is 80.3 cm³/mol. The molecule has 1 saturated heterocycles. The standard InChI is InChI=1S/C16H30N2O2/c1-11(2)16(20)17-14-8-13(4-5-19)9-18(10-14)15-6-12(3)7-15/h11-15,19H,4-10H2,1-3H3,(H,17,20). The van der Waals surface area contributed by atoms with Crippen LogP contribution < -0.4 is 5.32 Å². The maximum absolute atomic E-state index is 11.9. The Morgan fingerprint density at radius 2 is 2.00 bits per heavy atom. The van der Waals surface area contributed by atoms with Crippen LogP contribution in [0, 0.1) is 17.8 Å². The van der Waals surface area contributed by atoms with Crippen LogP contribution in [-0.4, -0.2) is 47.7 Å². The number of nitrogens with one attached hydrogen (secondary N) is 1. The smallest absolute Gasteiger partial charge is 0.222 e. The minimum Gasteiger partial charge on any atom is -0.396 e. The van der Waals surface area contributed by atoms with Crippen molar-refractivity contribution in [3.8, 4) is 0 Å². The van der Waals surface area contributed by atoms with Crippen molar-refractivity contribution in [2.45, 2.75) is 58.5 Å². The first-order chi connectivity index (χ1) is 9.49. The van der Waals surface area contributed by atoms with Crippen molar-refractivity contribution in [2.75, 3.05) is 19.7 Å². The predicted octanol–water partition coefficient (Wildman–Crippen LogP) is 1.63. The Labute approximate surface area is 122 Å². The molecule has 1 heterocycles. The fourth-order valence-corrected chi connectivity index (χ4v) is 3.56. The molecule has 4 heteroatoms. The monoisotopic (exact) mass is 282 g/mol. The fourth-order valence-electron chi connectivity index (χ4n) is 3.56. The largest absolute Gasteiger partial charge is 0.396 e. The van der Waals surface area contributed by atoms with Crippen molar-refractivity contribution in [3.63, 3.8) is 0 Å². The Balaban J connectivity index is 1.91. The van der Waals surface area contributed by atoms with Gasteiger partial charge in [0.15, 0.2) is 0 Å². The number of piperidine rings is 1. The molecule has 0 spiro atoms. The zero-order valence-electron chi connectivity index (χ0n) is 13.1. The van der Waals surface area contributed by atoms with Gasteiger partial charge in [-0.1, -0.05) is 20.8 Å². The second-order valence-corrected chi connectivity index (χ2v) is 7.16. The molecule has 1 saturated carbocycles. The lowest BCUT2D eigenvalue weighted by Crippen LogP contribution is -2.56. The number of hydrogen-bond acceptors (Lipinski definition) is 3. The summed E-state index contributed by atoms with van der Waals surface area (Å²) < 4.78 is 0. The molecule has 1 amide bonds. The van der Waals surface area contributed by atoms with Gasteiger partial charge in [0.2, 0.25) is 5.91 Å². The van der Waals surface area contributed by atoms with Gasteiger partial charge in [-0.2, -0.15) is 0 Å². The molecule has 2 unspecified atom stereocenters. The van der Waals surface area contributed by atoms with Crippen molar-refractivity contribution in [2.24, 2.45) is 17.8 Å². The summed E-state index contributed by atoms with van der Waals surface area (Å²) in [6.07, 6.45) is 4.44. The molecule has 116 valence electrons. The van der Waals surface area contributed by atoms with E-state index in [4.69, 9.17) is 0 Å². The van der Waals surface area contributed by atoms with Crippen molar-refractivity contribution < 1.29 is 9.90 Å². The van der Waals surface area contributed by atoms with E-state index in [1.54, 1.807) is 0 Å². The Bertz CT molecular complexity index is 326. The summed E-state index contributed by atoms with van der Waals surface area (Å²) >= 11 is 0. The number of amides is 1. The third-order valence-electron chi connectivity index (χ3n) is 4.84. The van der Waals surface area contributed by atoms with Crippen LogP contribution in [0.3, 0.4) is 0 Å². The molecule has 2 fully saturated rings. The minimum atomic E-state index is 0.0467. The number of carbonyl (C=O) groups is 1. The maximum Gasteiger partial charge on any atom is 0.222 e. The molecular formula is C16H30N2O2. The highest BCUT2D eigenvalue weighted by molar-refractivity contribution is 5.78. The molecule has 0 aromatic rings. The Morgan fingerprint density at radius 1 is 1.30 bits per heavy atom. The molecule has 2 aliphatic rings. The molecular weight excluding hydrogens is 252 g/mol. The highest BCUT2D eigenvalue weighted by atomic mass is 16.3. The van der Waals surface area contributed by atoms with Gasteiger partial charge < -0.3 is 10.4 Å².